The number of nitrogen functional groups attached to an aromatic ring is 1. The summed E-state index contributed by atoms with van der Waals surface area (Å²) >= 11 is 0. The highest BCUT2D eigenvalue weighted by Crippen LogP contribution is 2.44. The molecule has 2 aliphatic carbocycles. The van der Waals surface area contributed by atoms with Crippen LogP contribution < -0.4 is 10.6 Å². The fraction of sp³-hybridized carbons (Fsp3) is 0.611. The molecule has 2 aromatic heterocycles. The summed E-state index contributed by atoms with van der Waals surface area (Å²) in [6, 6.07) is -1.68. The average Bonchev–Trinajstić information content (AvgIpc) is 3.22. The predicted molar refractivity (Wildman–Crippen MR) is 97.9 cm³/mol. The second-order valence-corrected chi connectivity index (χ2v) is 8.02. The molecule has 2 aliphatic rings. The molecule has 14 heteroatoms. The summed E-state index contributed by atoms with van der Waals surface area (Å²) in [5.41, 5.74) is 4.04. The minimum Gasteiger partial charge on any atom is -0.368 e. The van der Waals surface area contributed by atoms with Gasteiger partial charge in [0, 0.05) is 37.8 Å². The molecular weight excluding hydrogens is 447 g/mol. The van der Waals surface area contributed by atoms with Crippen molar-refractivity contribution in [2.24, 2.45) is 0 Å². The Morgan fingerprint density at radius 1 is 0.875 bits per heavy atom. The van der Waals surface area contributed by atoms with Gasteiger partial charge in [-0.25, -0.2) is 22.5 Å². The molecule has 7 nitrogen and oxygen atoms in total. The molecule has 0 amide bonds. The number of anilines is 2. The van der Waals surface area contributed by atoms with E-state index in [-0.39, 0.29) is 30.3 Å². The van der Waals surface area contributed by atoms with Crippen molar-refractivity contribution in [2.45, 2.75) is 68.6 Å². The molecule has 0 spiro atoms. The van der Waals surface area contributed by atoms with Crippen LogP contribution in [0.4, 0.5) is 42.6 Å². The van der Waals surface area contributed by atoms with Crippen LogP contribution in [0.3, 0.4) is 0 Å². The maximum absolute atomic E-state index is 13.9. The lowest BCUT2D eigenvalue weighted by atomic mass is 10.1. The maximum atomic E-state index is 13.9. The molecule has 0 bridgehead atoms. The Kier molecular flexibility index (Phi) is 5.36. The third kappa shape index (κ3) is 4.67. The van der Waals surface area contributed by atoms with Crippen molar-refractivity contribution < 1.29 is 30.7 Å². The summed E-state index contributed by atoms with van der Waals surface area (Å²) in [4.78, 5) is 20.0. The van der Waals surface area contributed by atoms with Gasteiger partial charge in [-0.05, 0) is 12.8 Å². The van der Waals surface area contributed by atoms with Gasteiger partial charge in [-0.2, -0.15) is 28.1 Å². The second kappa shape index (κ2) is 7.66. The first-order valence-corrected chi connectivity index (χ1v) is 9.78. The Bertz CT molecular complexity index is 972. The molecule has 0 saturated heterocycles. The highest BCUT2D eigenvalue weighted by atomic mass is 19.4. The largest absolute Gasteiger partial charge is 0.434 e. The Labute approximate surface area is 177 Å². The standard InChI is InChI=1S/C18H18F7N7/c19-16(20)3-1-9(5-16)32(10-2-4-17(21,22)6-10)15-30-13(29-14(26)31-15)11-7-27-8-12(28-11)18(23,24)25/h7-10H,1-6H2,(H2,26,29,30,31). The van der Waals surface area contributed by atoms with Crippen LogP contribution in [0, 0.1) is 0 Å². The van der Waals surface area contributed by atoms with E-state index in [2.05, 4.69) is 24.9 Å². The summed E-state index contributed by atoms with van der Waals surface area (Å²) in [7, 11) is 0. The molecule has 32 heavy (non-hydrogen) atoms. The van der Waals surface area contributed by atoms with E-state index in [4.69, 9.17) is 5.73 Å². The van der Waals surface area contributed by atoms with Gasteiger partial charge in [0.25, 0.3) is 0 Å². The summed E-state index contributed by atoms with van der Waals surface area (Å²) < 4.78 is 94.6. The van der Waals surface area contributed by atoms with E-state index in [0.717, 1.165) is 6.20 Å². The van der Waals surface area contributed by atoms with Crippen molar-refractivity contribution in [1.82, 2.24) is 24.9 Å². The Hall–Kier alpha value is -2.80. The zero-order valence-corrected chi connectivity index (χ0v) is 16.5. The number of rotatable bonds is 4. The third-order valence-corrected chi connectivity index (χ3v) is 5.57. The topological polar surface area (TPSA) is 93.7 Å². The molecule has 0 aliphatic heterocycles. The first-order valence-electron chi connectivity index (χ1n) is 9.78. The second-order valence-electron chi connectivity index (χ2n) is 8.02. The fourth-order valence-electron chi connectivity index (χ4n) is 4.17. The minimum atomic E-state index is -4.78. The molecule has 2 heterocycles. The third-order valence-electron chi connectivity index (χ3n) is 5.57. The summed E-state index contributed by atoms with van der Waals surface area (Å²) in [6.45, 7) is 0. The van der Waals surface area contributed by atoms with Gasteiger partial charge >= 0.3 is 6.18 Å². The van der Waals surface area contributed by atoms with Crippen LogP contribution in [-0.4, -0.2) is 48.8 Å². The molecule has 2 atom stereocenters. The fourth-order valence-corrected chi connectivity index (χ4v) is 4.17. The average molecular weight is 465 g/mol. The molecule has 2 unspecified atom stereocenters. The lowest BCUT2D eigenvalue weighted by Crippen LogP contribution is -2.43. The molecule has 174 valence electrons. The summed E-state index contributed by atoms with van der Waals surface area (Å²) in [6.07, 6.45) is -5.28. The number of hydrogen-bond acceptors (Lipinski definition) is 7. The van der Waals surface area contributed by atoms with Gasteiger partial charge in [0.2, 0.25) is 23.7 Å². The van der Waals surface area contributed by atoms with E-state index in [9.17, 15) is 30.7 Å². The van der Waals surface area contributed by atoms with Gasteiger partial charge in [-0.1, -0.05) is 0 Å². The predicted octanol–water partition coefficient (Wildman–Crippen LogP) is 4.11. The lowest BCUT2D eigenvalue weighted by Gasteiger charge is -2.34. The van der Waals surface area contributed by atoms with Gasteiger partial charge in [0.05, 0.1) is 12.4 Å². The first-order chi connectivity index (χ1) is 14.8. The highest BCUT2D eigenvalue weighted by Gasteiger charge is 2.49. The van der Waals surface area contributed by atoms with Crippen LogP contribution in [0.2, 0.25) is 0 Å². The van der Waals surface area contributed by atoms with E-state index in [1.54, 1.807) is 0 Å². The van der Waals surface area contributed by atoms with Gasteiger partial charge in [-0.3, -0.25) is 4.98 Å². The summed E-state index contributed by atoms with van der Waals surface area (Å²) in [5, 5.41) is 0. The van der Waals surface area contributed by atoms with Crippen molar-refractivity contribution in [1.29, 1.82) is 0 Å². The Balaban J connectivity index is 1.75. The normalized spacial score (nSPS) is 24.6. The molecule has 4 rings (SSSR count). The Morgan fingerprint density at radius 2 is 1.47 bits per heavy atom. The molecule has 2 saturated carbocycles. The van der Waals surface area contributed by atoms with Crippen LogP contribution in [0.5, 0.6) is 0 Å². The maximum Gasteiger partial charge on any atom is 0.434 e. The number of halogens is 7. The van der Waals surface area contributed by atoms with Crippen LogP contribution in [-0.2, 0) is 6.18 Å². The van der Waals surface area contributed by atoms with Crippen molar-refractivity contribution in [3.05, 3.63) is 18.1 Å². The van der Waals surface area contributed by atoms with Crippen LogP contribution in [0.1, 0.15) is 44.2 Å². The monoisotopic (exact) mass is 465 g/mol. The highest BCUT2D eigenvalue weighted by molar-refractivity contribution is 5.53. The quantitative estimate of drug-likeness (QED) is 0.680. The van der Waals surface area contributed by atoms with Crippen molar-refractivity contribution in [2.75, 3.05) is 10.6 Å². The van der Waals surface area contributed by atoms with Gasteiger partial charge in [-0.15, -0.1) is 0 Å². The molecule has 0 radical (unpaired) electrons. The number of hydrogen-bond donors (Lipinski definition) is 1. The molecule has 2 fully saturated rings. The van der Waals surface area contributed by atoms with E-state index < -0.39 is 67.4 Å². The number of nitrogens with zero attached hydrogens (tertiary/aromatic N) is 6. The molecule has 0 aromatic carbocycles. The van der Waals surface area contributed by atoms with Gasteiger partial charge < -0.3 is 10.6 Å². The van der Waals surface area contributed by atoms with Crippen molar-refractivity contribution in [3.8, 4) is 11.5 Å². The number of aromatic nitrogens is 5. The number of nitrogens with two attached hydrogens (primary N) is 1. The van der Waals surface area contributed by atoms with Crippen molar-refractivity contribution in [3.63, 3.8) is 0 Å². The minimum absolute atomic E-state index is 0.0133. The van der Waals surface area contributed by atoms with Crippen LogP contribution in [0.25, 0.3) is 11.5 Å². The van der Waals surface area contributed by atoms with Crippen molar-refractivity contribution >= 4 is 11.9 Å². The Morgan fingerprint density at radius 3 is 1.97 bits per heavy atom. The van der Waals surface area contributed by atoms with E-state index in [0.29, 0.717) is 6.20 Å². The number of alkyl halides is 7. The van der Waals surface area contributed by atoms with E-state index >= 15 is 0 Å². The van der Waals surface area contributed by atoms with E-state index in [1.165, 1.54) is 4.90 Å². The molecule has 2 aromatic rings. The lowest BCUT2D eigenvalue weighted by molar-refractivity contribution is -0.141. The smallest absolute Gasteiger partial charge is 0.368 e. The van der Waals surface area contributed by atoms with Gasteiger partial charge in [0.1, 0.15) is 5.69 Å². The van der Waals surface area contributed by atoms with E-state index in [1.807, 2.05) is 0 Å². The molecular formula is C18H18F7N7. The first kappa shape index (κ1) is 22.4. The summed E-state index contributed by atoms with van der Waals surface area (Å²) in [5.74, 6) is -6.98. The zero-order chi connectivity index (χ0) is 23.3. The zero-order valence-electron chi connectivity index (χ0n) is 16.5. The van der Waals surface area contributed by atoms with Crippen LogP contribution in [0.15, 0.2) is 12.4 Å². The van der Waals surface area contributed by atoms with Crippen LogP contribution >= 0.6 is 0 Å². The van der Waals surface area contributed by atoms with Gasteiger partial charge in [0.15, 0.2) is 11.5 Å². The molecule has 2 N–H and O–H groups in total. The SMILES string of the molecule is Nc1nc(-c2cncc(C(F)(F)F)n2)nc(N(C2CCC(F)(F)C2)C2CCC(F)(F)C2)n1.